The molecule has 11 nitrogen and oxygen atoms in total. The van der Waals surface area contributed by atoms with Crippen molar-refractivity contribution in [3.8, 4) is 23.0 Å². The zero-order valence-electron chi connectivity index (χ0n) is 20.5. The molecule has 0 saturated heterocycles. The summed E-state index contributed by atoms with van der Waals surface area (Å²) in [6, 6.07) is 9.34. The van der Waals surface area contributed by atoms with Crippen LogP contribution in [-0.4, -0.2) is 72.9 Å². The van der Waals surface area contributed by atoms with E-state index < -0.39 is 0 Å². The standard InChI is InChI=1S/C24H28N6O5S/c1-32-18-5-6-19(33-2)16(9-18)12-25-27-23-26-24(29-28-23)36-14-22(31)30-8-7-15-10-20(34-3)21(35-4)11-17(15)13-30/h5-6,9-12H,7-8,13-14H2,1-4H3,(H2,26,27,28,29)/b25-12-. The van der Waals surface area contributed by atoms with Crippen LogP contribution in [0.1, 0.15) is 16.7 Å². The molecule has 1 aliphatic rings. The van der Waals surface area contributed by atoms with Crippen LogP contribution >= 0.6 is 11.8 Å². The number of thioether (sulfide) groups is 1. The number of nitrogens with zero attached hydrogens (tertiary/aromatic N) is 4. The van der Waals surface area contributed by atoms with E-state index in [1.807, 2.05) is 29.2 Å². The van der Waals surface area contributed by atoms with Gasteiger partial charge in [-0.3, -0.25) is 4.79 Å². The Morgan fingerprint density at radius 3 is 2.56 bits per heavy atom. The van der Waals surface area contributed by atoms with Crippen LogP contribution in [0, 0.1) is 0 Å². The van der Waals surface area contributed by atoms with Crippen LogP contribution in [0.4, 0.5) is 5.95 Å². The minimum atomic E-state index is 0.0166. The van der Waals surface area contributed by atoms with Crippen LogP contribution in [-0.2, 0) is 17.8 Å². The number of fused-ring (bicyclic) bond motifs is 1. The number of ether oxygens (including phenoxy) is 4. The Kier molecular flexibility index (Phi) is 8.16. The first-order valence-electron chi connectivity index (χ1n) is 11.1. The van der Waals surface area contributed by atoms with Gasteiger partial charge >= 0.3 is 0 Å². The van der Waals surface area contributed by atoms with Gasteiger partial charge in [-0.05, 0) is 47.9 Å². The van der Waals surface area contributed by atoms with E-state index in [9.17, 15) is 4.79 Å². The number of carbonyl (C=O) groups excluding carboxylic acids is 1. The van der Waals surface area contributed by atoms with Gasteiger partial charge in [0.15, 0.2) is 11.5 Å². The van der Waals surface area contributed by atoms with Gasteiger partial charge in [0.2, 0.25) is 17.0 Å². The lowest BCUT2D eigenvalue weighted by Gasteiger charge is -2.29. The minimum Gasteiger partial charge on any atom is -0.497 e. The van der Waals surface area contributed by atoms with Gasteiger partial charge in [-0.25, -0.2) is 10.5 Å². The summed E-state index contributed by atoms with van der Waals surface area (Å²) in [4.78, 5) is 19.0. The smallest absolute Gasteiger partial charge is 0.240 e. The Balaban J connectivity index is 1.31. The lowest BCUT2D eigenvalue weighted by Crippen LogP contribution is -2.37. The molecule has 0 saturated carbocycles. The lowest BCUT2D eigenvalue weighted by molar-refractivity contribution is -0.129. The molecular formula is C24H28N6O5S. The van der Waals surface area contributed by atoms with E-state index in [1.54, 1.807) is 40.7 Å². The summed E-state index contributed by atoms with van der Waals surface area (Å²) in [7, 11) is 6.41. The third kappa shape index (κ3) is 5.82. The van der Waals surface area contributed by atoms with E-state index in [1.165, 1.54) is 17.3 Å². The Hall–Kier alpha value is -3.93. The molecule has 2 heterocycles. The van der Waals surface area contributed by atoms with Crippen LogP contribution in [0.15, 0.2) is 40.6 Å². The fourth-order valence-corrected chi connectivity index (χ4v) is 4.48. The molecule has 36 heavy (non-hydrogen) atoms. The zero-order valence-corrected chi connectivity index (χ0v) is 21.3. The number of hydrogen-bond acceptors (Lipinski definition) is 10. The van der Waals surface area contributed by atoms with E-state index in [0.29, 0.717) is 47.2 Å². The number of nitrogens with one attached hydrogen (secondary N) is 2. The maximum atomic E-state index is 12.8. The molecule has 0 radical (unpaired) electrons. The summed E-state index contributed by atoms with van der Waals surface area (Å²) in [5, 5.41) is 11.5. The Morgan fingerprint density at radius 1 is 1.08 bits per heavy atom. The second kappa shape index (κ2) is 11.7. The highest BCUT2D eigenvalue weighted by Crippen LogP contribution is 2.33. The molecule has 1 aromatic heterocycles. The van der Waals surface area contributed by atoms with E-state index in [4.69, 9.17) is 18.9 Å². The van der Waals surface area contributed by atoms with Crippen molar-refractivity contribution in [2.24, 2.45) is 5.10 Å². The molecule has 0 spiro atoms. The van der Waals surface area contributed by atoms with Gasteiger partial charge in [0.25, 0.3) is 0 Å². The highest BCUT2D eigenvalue weighted by Gasteiger charge is 2.23. The fourth-order valence-electron chi connectivity index (χ4n) is 3.78. The van der Waals surface area contributed by atoms with Crippen LogP contribution in [0.25, 0.3) is 0 Å². The molecule has 0 unspecified atom stereocenters. The summed E-state index contributed by atoms with van der Waals surface area (Å²) in [5.74, 6) is 3.31. The van der Waals surface area contributed by atoms with Crippen molar-refractivity contribution in [1.29, 1.82) is 0 Å². The SMILES string of the molecule is COc1ccc(OC)c(/C=N\Nc2nc(SCC(=O)N3CCc4cc(OC)c(OC)cc4C3)n[nH]2)c1. The third-order valence-electron chi connectivity index (χ3n) is 5.67. The van der Waals surface area contributed by atoms with E-state index in [2.05, 4.69) is 25.7 Å². The molecule has 190 valence electrons. The first-order valence-corrected chi connectivity index (χ1v) is 12.1. The number of benzene rings is 2. The molecule has 3 aromatic rings. The average molecular weight is 513 g/mol. The molecule has 2 N–H and O–H groups in total. The summed E-state index contributed by atoms with van der Waals surface area (Å²) < 4.78 is 21.4. The second-order valence-corrected chi connectivity index (χ2v) is 8.72. The number of carbonyl (C=O) groups is 1. The van der Waals surface area contributed by atoms with E-state index in [-0.39, 0.29) is 11.7 Å². The Morgan fingerprint density at radius 2 is 1.83 bits per heavy atom. The molecule has 2 aromatic carbocycles. The first-order chi connectivity index (χ1) is 17.5. The fraction of sp³-hybridized carbons (Fsp3) is 0.333. The number of amides is 1. The van der Waals surface area contributed by atoms with Gasteiger partial charge in [-0.1, -0.05) is 11.8 Å². The van der Waals surface area contributed by atoms with Crippen LogP contribution in [0.3, 0.4) is 0 Å². The predicted octanol–water partition coefficient (Wildman–Crippen LogP) is 2.96. The van der Waals surface area contributed by atoms with Crippen molar-refractivity contribution >= 4 is 29.8 Å². The van der Waals surface area contributed by atoms with E-state index in [0.717, 1.165) is 17.5 Å². The molecule has 4 rings (SSSR count). The summed E-state index contributed by atoms with van der Waals surface area (Å²) in [6.45, 7) is 1.17. The van der Waals surface area contributed by atoms with Crippen LogP contribution in [0.5, 0.6) is 23.0 Å². The maximum absolute atomic E-state index is 12.8. The molecule has 0 fully saturated rings. The molecule has 0 aliphatic carbocycles. The van der Waals surface area contributed by atoms with Gasteiger partial charge in [0.1, 0.15) is 11.5 Å². The highest BCUT2D eigenvalue weighted by molar-refractivity contribution is 7.99. The van der Waals surface area contributed by atoms with Crippen molar-refractivity contribution in [3.63, 3.8) is 0 Å². The molecule has 0 bridgehead atoms. The number of rotatable bonds is 10. The van der Waals surface area contributed by atoms with Gasteiger partial charge < -0.3 is 23.8 Å². The molecule has 1 amide bonds. The highest BCUT2D eigenvalue weighted by atomic mass is 32.2. The number of hydrazone groups is 1. The number of H-pyrrole nitrogens is 1. The zero-order chi connectivity index (χ0) is 25.5. The van der Waals surface area contributed by atoms with Crippen molar-refractivity contribution in [2.75, 3.05) is 46.2 Å². The summed E-state index contributed by atoms with van der Waals surface area (Å²) in [5.41, 5.74) is 5.77. The summed E-state index contributed by atoms with van der Waals surface area (Å²) >= 11 is 1.26. The molecule has 1 aliphatic heterocycles. The quantitative estimate of drug-likeness (QED) is 0.240. The monoisotopic (exact) mass is 512 g/mol. The van der Waals surface area contributed by atoms with Crippen molar-refractivity contribution in [3.05, 3.63) is 47.0 Å². The first kappa shape index (κ1) is 25.2. The van der Waals surface area contributed by atoms with Gasteiger partial charge in [0.05, 0.1) is 40.4 Å². The summed E-state index contributed by atoms with van der Waals surface area (Å²) in [6.07, 6.45) is 2.36. The number of aromatic amines is 1. The number of anilines is 1. The van der Waals surface area contributed by atoms with Crippen LogP contribution < -0.4 is 24.4 Å². The Labute approximate surface area is 213 Å². The van der Waals surface area contributed by atoms with Crippen molar-refractivity contribution in [1.82, 2.24) is 20.1 Å². The molecule has 0 atom stereocenters. The predicted molar refractivity (Wildman–Crippen MR) is 137 cm³/mol. The molecule has 12 heteroatoms. The van der Waals surface area contributed by atoms with Crippen molar-refractivity contribution < 1.29 is 23.7 Å². The van der Waals surface area contributed by atoms with Gasteiger partial charge in [0, 0.05) is 18.7 Å². The topological polar surface area (TPSA) is 123 Å². The molecular weight excluding hydrogens is 484 g/mol. The van der Waals surface area contributed by atoms with Crippen molar-refractivity contribution in [2.45, 2.75) is 18.1 Å². The minimum absolute atomic E-state index is 0.0166. The number of methoxy groups -OCH3 is 4. The lowest BCUT2D eigenvalue weighted by atomic mass is 9.99. The number of aromatic nitrogens is 3. The van der Waals surface area contributed by atoms with Gasteiger partial charge in [-0.15, -0.1) is 5.10 Å². The normalized spacial score (nSPS) is 12.8. The average Bonchev–Trinajstić information content (AvgIpc) is 3.38. The van der Waals surface area contributed by atoms with E-state index >= 15 is 0 Å². The second-order valence-electron chi connectivity index (χ2n) is 7.77. The largest absolute Gasteiger partial charge is 0.497 e. The van der Waals surface area contributed by atoms with Gasteiger partial charge in [-0.2, -0.15) is 10.1 Å². The third-order valence-corrected chi connectivity index (χ3v) is 6.50. The van der Waals surface area contributed by atoms with Crippen LogP contribution in [0.2, 0.25) is 0 Å². The maximum Gasteiger partial charge on any atom is 0.240 e. The number of hydrogen-bond donors (Lipinski definition) is 2. The Bertz CT molecular complexity index is 1250.